The van der Waals surface area contributed by atoms with Crippen LogP contribution in [0.2, 0.25) is 0 Å². The Kier molecular flexibility index (Phi) is 3.11. The van der Waals surface area contributed by atoms with E-state index in [1.165, 1.54) is 11.3 Å². The quantitative estimate of drug-likeness (QED) is 0.879. The molecule has 0 radical (unpaired) electrons. The third kappa shape index (κ3) is 1.85. The monoisotopic (exact) mass is 287 g/mol. The molecule has 1 atom stereocenters. The molecule has 1 unspecified atom stereocenters. The highest BCUT2D eigenvalue weighted by molar-refractivity contribution is 7.14. The molecule has 1 aromatic heterocycles. The average molecular weight is 287 g/mol. The molecule has 2 heterocycles. The van der Waals surface area contributed by atoms with Gasteiger partial charge in [0, 0.05) is 11.4 Å². The Morgan fingerprint density at radius 2 is 1.80 bits per heavy atom. The van der Waals surface area contributed by atoms with Crippen molar-refractivity contribution in [1.82, 2.24) is 10.3 Å². The number of hydrogen-bond donors (Lipinski definition) is 1. The van der Waals surface area contributed by atoms with Crippen LogP contribution in [0.15, 0.2) is 29.6 Å². The highest BCUT2D eigenvalue weighted by atomic mass is 32.1. The molecule has 1 N–H and O–H groups in total. The molecular formula is C14H13N3O2S. The fraction of sp³-hybridized carbons (Fsp3) is 0.214. The smallest absolute Gasteiger partial charge is 0.268 e. The normalized spacial score (nSPS) is 15.6. The minimum absolute atomic E-state index is 0.0789. The molecule has 0 spiro atoms. The zero-order valence-corrected chi connectivity index (χ0v) is 11.9. The number of amides is 2. The number of anilines is 1. The van der Waals surface area contributed by atoms with E-state index in [0.717, 1.165) is 10.6 Å². The number of carbonyl (C=O) groups excluding carboxylic acids is 2. The Labute approximate surface area is 120 Å². The Morgan fingerprint density at radius 1 is 1.20 bits per heavy atom. The van der Waals surface area contributed by atoms with Gasteiger partial charge in [-0.1, -0.05) is 12.1 Å². The van der Waals surface area contributed by atoms with E-state index in [1.807, 2.05) is 19.4 Å². The number of imide groups is 1. The Hall–Kier alpha value is -2.05. The molecule has 0 saturated carbocycles. The summed E-state index contributed by atoms with van der Waals surface area (Å²) in [5.41, 5.74) is 1.70. The molecule has 0 saturated heterocycles. The van der Waals surface area contributed by atoms with Crippen molar-refractivity contribution < 1.29 is 9.59 Å². The van der Waals surface area contributed by atoms with Crippen LogP contribution in [0, 0.1) is 0 Å². The first kappa shape index (κ1) is 13.0. The molecule has 3 rings (SSSR count). The molecule has 20 heavy (non-hydrogen) atoms. The van der Waals surface area contributed by atoms with Crippen LogP contribution < -0.4 is 10.2 Å². The van der Waals surface area contributed by atoms with Crippen molar-refractivity contribution in [3.05, 3.63) is 46.5 Å². The maximum atomic E-state index is 12.3. The number of fused-ring (bicyclic) bond motifs is 1. The van der Waals surface area contributed by atoms with Gasteiger partial charge in [0.05, 0.1) is 16.8 Å². The number of hydrogen-bond acceptors (Lipinski definition) is 5. The van der Waals surface area contributed by atoms with Gasteiger partial charge in [-0.2, -0.15) is 0 Å². The van der Waals surface area contributed by atoms with Crippen LogP contribution in [0.3, 0.4) is 0 Å². The number of aromatic nitrogens is 1. The molecule has 1 aromatic carbocycles. The van der Waals surface area contributed by atoms with Crippen molar-refractivity contribution in [3.8, 4) is 0 Å². The van der Waals surface area contributed by atoms with E-state index < -0.39 is 0 Å². The van der Waals surface area contributed by atoms with E-state index in [4.69, 9.17) is 0 Å². The zero-order chi connectivity index (χ0) is 14.3. The lowest BCUT2D eigenvalue weighted by molar-refractivity contribution is 0.0926. The van der Waals surface area contributed by atoms with Gasteiger partial charge >= 0.3 is 0 Å². The van der Waals surface area contributed by atoms with E-state index in [0.29, 0.717) is 16.3 Å². The molecule has 6 heteroatoms. The molecule has 1 aliphatic heterocycles. The Morgan fingerprint density at radius 3 is 2.35 bits per heavy atom. The summed E-state index contributed by atoms with van der Waals surface area (Å²) in [6.45, 7) is 1.97. The fourth-order valence-electron chi connectivity index (χ4n) is 2.09. The van der Waals surface area contributed by atoms with Crippen LogP contribution in [-0.2, 0) is 0 Å². The average Bonchev–Trinajstić information content (AvgIpc) is 3.03. The van der Waals surface area contributed by atoms with Gasteiger partial charge < -0.3 is 5.32 Å². The summed E-state index contributed by atoms with van der Waals surface area (Å²) < 4.78 is 0. The largest absolute Gasteiger partial charge is 0.312 e. The third-order valence-corrected chi connectivity index (χ3v) is 4.22. The number of rotatable bonds is 3. The minimum atomic E-state index is -0.302. The van der Waals surface area contributed by atoms with Gasteiger partial charge in [0.25, 0.3) is 11.8 Å². The molecule has 0 fully saturated rings. The second kappa shape index (κ2) is 4.81. The van der Waals surface area contributed by atoms with Crippen molar-refractivity contribution in [2.75, 3.05) is 11.9 Å². The molecule has 2 amide bonds. The summed E-state index contributed by atoms with van der Waals surface area (Å²) in [5.74, 6) is -0.604. The lowest BCUT2D eigenvalue weighted by atomic mass is 10.1. The standard InChI is InChI=1S/C14H13N3O2S/c1-8(15-2)11-7-20-14(16-11)17-12(18)9-5-3-4-6-10(9)13(17)19/h3-8,15H,1-2H3. The lowest BCUT2D eigenvalue weighted by Crippen LogP contribution is -2.29. The van der Waals surface area contributed by atoms with Gasteiger partial charge in [0.1, 0.15) is 0 Å². The maximum absolute atomic E-state index is 12.3. The van der Waals surface area contributed by atoms with Crippen LogP contribution in [-0.4, -0.2) is 23.8 Å². The van der Waals surface area contributed by atoms with Crippen molar-refractivity contribution in [3.63, 3.8) is 0 Å². The Balaban J connectivity index is 1.99. The number of nitrogens with zero attached hydrogens (tertiary/aromatic N) is 2. The van der Waals surface area contributed by atoms with Crippen molar-refractivity contribution in [1.29, 1.82) is 0 Å². The van der Waals surface area contributed by atoms with Gasteiger partial charge in [0.2, 0.25) is 0 Å². The van der Waals surface area contributed by atoms with Crippen molar-refractivity contribution in [2.24, 2.45) is 0 Å². The summed E-state index contributed by atoms with van der Waals surface area (Å²) in [7, 11) is 1.84. The highest BCUT2D eigenvalue weighted by Crippen LogP contribution is 2.31. The van der Waals surface area contributed by atoms with Crippen LogP contribution in [0.4, 0.5) is 5.13 Å². The van der Waals surface area contributed by atoms with E-state index in [1.54, 1.807) is 24.3 Å². The summed E-state index contributed by atoms with van der Waals surface area (Å²) >= 11 is 1.30. The SMILES string of the molecule is CNC(C)c1csc(N2C(=O)c3ccccc3C2=O)n1. The molecule has 102 valence electrons. The topological polar surface area (TPSA) is 62.3 Å². The Bertz CT molecular complexity index is 660. The number of nitrogens with one attached hydrogen (secondary N) is 1. The molecule has 2 aromatic rings. The summed E-state index contributed by atoms with van der Waals surface area (Å²) in [6, 6.07) is 6.92. The van der Waals surface area contributed by atoms with E-state index in [9.17, 15) is 9.59 Å². The van der Waals surface area contributed by atoms with E-state index in [-0.39, 0.29) is 17.9 Å². The fourth-order valence-corrected chi connectivity index (χ4v) is 3.00. The van der Waals surface area contributed by atoms with Crippen LogP contribution >= 0.6 is 11.3 Å². The first-order valence-electron chi connectivity index (χ1n) is 6.24. The lowest BCUT2D eigenvalue weighted by Gasteiger charge is -2.10. The van der Waals surface area contributed by atoms with Crippen LogP contribution in [0.5, 0.6) is 0 Å². The van der Waals surface area contributed by atoms with Gasteiger partial charge in [0.15, 0.2) is 5.13 Å². The molecule has 0 aliphatic carbocycles. The summed E-state index contributed by atoms with van der Waals surface area (Å²) in [6.07, 6.45) is 0. The summed E-state index contributed by atoms with van der Waals surface area (Å²) in [4.78, 5) is 30.2. The second-order valence-corrected chi connectivity index (χ2v) is 5.39. The van der Waals surface area contributed by atoms with Crippen molar-refractivity contribution in [2.45, 2.75) is 13.0 Å². The minimum Gasteiger partial charge on any atom is -0.312 e. The predicted octanol–water partition coefficient (Wildman–Crippen LogP) is 2.22. The first-order chi connectivity index (χ1) is 9.63. The van der Waals surface area contributed by atoms with Crippen LogP contribution in [0.25, 0.3) is 0 Å². The molecule has 0 bridgehead atoms. The highest BCUT2D eigenvalue weighted by Gasteiger charge is 2.38. The predicted molar refractivity (Wildman–Crippen MR) is 77.2 cm³/mol. The number of benzene rings is 1. The van der Waals surface area contributed by atoms with Gasteiger partial charge in [-0.15, -0.1) is 11.3 Å². The van der Waals surface area contributed by atoms with Gasteiger partial charge in [-0.05, 0) is 26.1 Å². The number of thiazole rings is 1. The third-order valence-electron chi connectivity index (χ3n) is 3.37. The summed E-state index contributed by atoms with van der Waals surface area (Å²) in [5, 5.41) is 5.37. The number of carbonyl (C=O) groups is 2. The van der Waals surface area contributed by atoms with E-state index >= 15 is 0 Å². The molecule has 1 aliphatic rings. The van der Waals surface area contributed by atoms with E-state index in [2.05, 4.69) is 10.3 Å². The van der Waals surface area contributed by atoms with Gasteiger partial charge in [-0.25, -0.2) is 9.88 Å². The van der Waals surface area contributed by atoms with Gasteiger partial charge in [-0.3, -0.25) is 9.59 Å². The first-order valence-corrected chi connectivity index (χ1v) is 7.12. The maximum Gasteiger partial charge on any atom is 0.268 e. The zero-order valence-electron chi connectivity index (χ0n) is 11.1. The molecular weight excluding hydrogens is 274 g/mol. The second-order valence-electron chi connectivity index (χ2n) is 4.56. The van der Waals surface area contributed by atoms with Crippen molar-refractivity contribution >= 4 is 28.3 Å². The van der Waals surface area contributed by atoms with Crippen LogP contribution in [0.1, 0.15) is 39.4 Å². The molecule has 5 nitrogen and oxygen atoms in total.